The molecule has 0 aliphatic carbocycles. The van der Waals surface area contributed by atoms with Gasteiger partial charge < -0.3 is 0 Å². The second kappa shape index (κ2) is 6.41. The fraction of sp³-hybridized carbons (Fsp3) is 1.00. The first-order valence-electron chi connectivity index (χ1n) is 3.98. The molecule has 10 heavy (non-hydrogen) atoms. The van der Waals surface area contributed by atoms with Crippen LogP contribution in [0.4, 0.5) is 0 Å². The Labute approximate surface area is 74.6 Å². The number of thioether (sulfide) groups is 1. The molecule has 0 N–H and O–H groups in total. The third-order valence-corrected chi connectivity index (χ3v) is 3.67. The predicted octanol–water partition coefficient (Wildman–Crippen LogP) is 3.23. The van der Waals surface area contributed by atoms with Crippen molar-refractivity contribution < 1.29 is 0 Å². The van der Waals surface area contributed by atoms with Gasteiger partial charge in [-0.2, -0.15) is 24.4 Å². The van der Waals surface area contributed by atoms with Crippen LogP contribution in [0.5, 0.6) is 0 Å². The number of thiol groups is 1. The summed E-state index contributed by atoms with van der Waals surface area (Å²) in [6.45, 7) is 6.64. The molecular weight excluding hydrogens is 160 g/mol. The molecule has 0 saturated heterocycles. The third kappa shape index (κ3) is 5.48. The Morgan fingerprint density at radius 2 is 2.00 bits per heavy atom. The van der Waals surface area contributed by atoms with Crippen LogP contribution in [-0.2, 0) is 0 Å². The standard InChI is InChI=1S/C8H18S2/c1-4-5-6-10-8(3)7(2)9/h7-9H,4-6H2,1-3H3. The molecule has 0 fully saturated rings. The molecule has 0 heterocycles. The number of hydrogen-bond donors (Lipinski definition) is 1. The minimum Gasteiger partial charge on any atom is -0.175 e. The van der Waals surface area contributed by atoms with E-state index in [0.717, 1.165) is 0 Å². The van der Waals surface area contributed by atoms with E-state index in [4.69, 9.17) is 0 Å². The van der Waals surface area contributed by atoms with Crippen LogP contribution in [0.25, 0.3) is 0 Å². The molecule has 0 spiro atoms. The largest absolute Gasteiger partial charge is 0.175 e. The molecule has 2 atom stereocenters. The SMILES string of the molecule is CCCCSC(C)C(C)S. The highest BCUT2D eigenvalue weighted by atomic mass is 32.2. The first kappa shape index (κ1) is 10.7. The molecule has 0 saturated carbocycles. The summed E-state index contributed by atoms with van der Waals surface area (Å²) in [5.74, 6) is 1.29. The molecule has 0 aromatic heterocycles. The number of rotatable bonds is 5. The quantitative estimate of drug-likeness (QED) is 0.498. The highest BCUT2D eigenvalue weighted by Crippen LogP contribution is 2.18. The Morgan fingerprint density at radius 1 is 1.40 bits per heavy atom. The molecule has 0 radical (unpaired) electrons. The fourth-order valence-electron chi connectivity index (χ4n) is 0.553. The van der Waals surface area contributed by atoms with E-state index in [1.54, 1.807) is 0 Å². The summed E-state index contributed by atoms with van der Waals surface area (Å²) in [5.41, 5.74) is 0. The normalized spacial score (nSPS) is 16.8. The highest BCUT2D eigenvalue weighted by molar-refractivity contribution is 8.00. The van der Waals surface area contributed by atoms with Gasteiger partial charge in [-0.05, 0) is 12.2 Å². The van der Waals surface area contributed by atoms with Crippen LogP contribution in [-0.4, -0.2) is 16.3 Å². The minimum absolute atomic E-state index is 0.529. The van der Waals surface area contributed by atoms with Crippen LogP contribution in [0.1, 0.15) is 33.6 Å². The van der Waals surface area contributed by atoms with Gasteiger partial charge in [0.2, 0.25) is 0 Å². The van der Waals surface area contributed by atoms with Gasteiger partial charge in [-0.25, -0.2) is 0 Å². The Kier molecular flexibility index (Phi) is 6.86. The minimum atomic E-state index is 0.529. The second-order valence-electron chi connectivity index (χ2n) is 2.67. The first-order chi connectivity index (χ1) is 4.68. The molecule has 62 valence electrons. The van der Waals surface area contributed by atoms with Crippen molar-refractivity contribution in [3.8, 4) is 0 Å². The van der Waals surface area contributed by atoms with Crippen LogP contribution in [0, 0.1) is 0 Å². The van der Waals surface area contributed by atoms with Gasteiger partial charge in [0.05, 0.1) is 0 Å². The number of hydrogen-bond acceptors (Lipinski definition) is 2. The van der Waals surface area contributed by atoms with Crippen LogP contribution in [0.3, 0.4) is 0 Å². The van der Waals surface area contributed by atoms with Gasteiger partial charge in [0, 0.05) is 10.5 Å². The topological polar surface area (TPSA) is 0 Å². The summed E-state index contributed by atoms with van der Waals surface area (Å²) in [7, 11) is 0. The van der Waals surface area contributed by atoms with E-state index >= 15 is 0 Å². The van der Waals surface area contributed by atoms with E-state index in [9.17, 15) is 0 Å². The van der Waals surface area contributed by atoms with Crippen molar-refractivity contribution in [3.05, 3.63) is 0 Å². The van der Waals surface area contributed by atoms with Gasteiger partial charge in [0.15, 0.2) is 0 Å². The fourth-order valence-corrected chi connectivity index (χ4v) is 1.92. The maximum atomic E-state index is 4.37. The van der Waals surface area contributed by atoms with Crippen molar-refractivity contribution in [2.75, 3.05) is 5.75 Å². The van der Waals surface area contributed by atoms with Gasteiger partial charge in [-0.3, -0.25) is 0 Å². The monoisotopic (exact) mass is 178 g/mol. The van der Waals surface area contributed by atoms with Gasteiger partial charge in [0.25, 0.3) is 0 Å². The van der Waals surface area contributed by atoms with Crippen molar-refractivity contribution in [2.45, 2.75) is 44.1 Å². The van der Waals surface area contributed by atoms with Gasteiger partial charge in [-0.1, -0.05) is 27.2 Å². The average molecular weight is 178 g/mol. The lowest BCUT2D eigenvalue weighted by Gasteiger charge is -2.13. The summed E-state index contributed by atoms with van der Waals surface area (Å²) in [6, 6.07) is 0. The highest BCUT2D eigenvalue weighted by Gasteiger charge is 2.06. The molecule has 0 bridgehead atoms. The maximum absolute atomic E-state index is 4.37. The molecule has 2 unspecified atom stereocenters. The number of unbranched alkanes of at least 4 members (excludes halogenated alkanes) is 1. The maximum Gasteiger partial charge on any atom is 0.0133 e. The van der Waals surface area contributed by atoms with E-state index < -0.39 is 0 Å². The Bertz CT molecular complexity index is 71.7. The molecule has 0 nitrogen and oxygen atoms in total. The van der Waals surface area contributed by atoms with Crippen LogP contribution >= 0.6 is 24.4 Å². The van der Waals surface area contributed by atoms with E-state index in [-0.39, 0.29) is 0 Å². The van der Waals surface area contributed by atoms with E-state index in [2.05, 4.69) is 33.4 Å². The zero-order valence-corrected chi connectivity index (χ0v) is 8.84. The lowest BCUT2D eigenvalue weighted by Crippen LogP contribution is -2.09. The predicted molar refractivity (Wildman–Crippen MR) is 55.3 cm³/mol. The molecule has 0 aliphatic heterocycles. The summed E-state index contributed by atoms with van der Waals surface area (Å²) in [6.07, 6.45) is 2.65. The van der Waals surface area contributed by atoms with Gasteiger partial charge >= 0.3 is 0 Å². The van der Waals surface area contributed by atoms with Crippen molar-refractivity contribution >= 4 is 24.4 Å². The van der Waals surface area contributed by atoms with Crippen LogP contribution in [0.2, 0.25) is 0 Å². The van der Waals surface area contributed by atoms with Crippen molar-refractivity contribution in [3.63, 3.8) is 0 Å². The van der Waals surface area contributed by atoms with E-state index in [1.807, 2.05) is 11.8 Å². The van der Waals surface area contributed by atoms with Crippen molar-refractivity contribution in [2.24, 2.45) is 0 Å². The smallest absolute Gasteiger partial charge is 0.0133 e. The third-order valence-electron chi connectivity index (χ3n) is 1.56. The summed E-state index contributed by atoms with van der Waals surface area (Å²) >= 11 is 6.41. The van der Waals surface area contributed by atoms with E-state index in [0.29, 0.717) is 10.5 Å². The molecule has 0 amide bonds. The first-order valence-corrected chi connectivity index (χ1v) is 5.54. The van der Waals surface area contributed by atoms with Gasteiger partial charge in [0.1, 0.15) is 0 Å². The lowest BCUT2D eigenvalue weighted by molar-refractivity contribution is 0.881. The summed E-state index contributed by atoms with van der Waals surface area (Å²) < 4.78 is 0. The lowest BCUT2D eigenvalue weighted by atomic mass is 10.4. The molecule has 0 aliphatic rings. The average Bonchev–Trinajstić information content (AvgIpc) is 1.88. The van der Waals surface area contributed by atoms with E-state index in [1.165, 1.54) is 18.6 Å². The molecular formula is C8H18S2. The zero-order valence-electron chi connectivity index (χ0n) is 7.13. The molecule has 0 aromatic rings. The summed E-state index contributed by atoms with van der Waals surface area (Å²) in [4.78, 5) is 0. The van der Waals surface area contributed by atoms with Crippen molar-refractivity contribution in [1.29, 1.82) is 0 Å². The Hall–Kier alpha value is 0.700. The second-order valence-corrected chi connectivity index (χ2v) is 4.97. The van der Waals surface area contributed by atoms with Crippen LogP contribution in [0.15, 0.2) is 0 Å². The Balaban J connectivity index is 3.13. The summed E-state index contributed by atoms with van der Waals surface area (Å²) in [5, 5.41) is 1.23. The molecule has 0 aromatic carbocycles. The Morgan fingerprint density at radius 3 is 2.40 bits per heavy atom. The zero-order chi connectivity index (χ0) is 7.98. The molecule has 2 heteroatoms. The molecule has 0 rings (SSSR count). The van der Waals surface area contributed by atoms with Crippen LogP contribution < -0.4 is 0 Å². The van der Waals surface area contributed by atoms with Gasteiger partial charge in [-0.15, -0.1) is 0 Å². The van der Waals surface area contributed by atoms with Crippen molar-refractivity contribution in [1.82, 2.24) is 0 Å².